The molecule has 1 fully saturated rings. The van der Waals surface area contributed by atoms with E-state index >= 15 is 0 Å². The first-order chi connectivity index (χ1) is 10.1. The summed E-state index contributed by atoms with van der Waals surface area (Å²) >= 11 is 0. The van der Waals surface area contributed by atoms with Crippen molar-refractivity contribution in [2.45, 2.75) is 26.7 Å². The van der Waals surface area contributed by atoms with Gasteiger partial charge < -0.3 is 15.0 Å². The number of ether oxygens (including phenoxy) is 1. The largest absolute Gasteiger partial charge is 0.494 e. The van der Waals surface area contributed by atoms with Gasteiger partial charge in [-0.15, -0.1) is 0 Å². The third-order valence-corrected chi connectivity index (χ3v) is 3.80. The maximum absolute atomic E-state index is 5.69. The van der Waals surface area contributed by atoms with E-state index in [1.54, 1.807) is 0 Å². The van der Waals surface area contributed by atoms with Crippen LogP contribution < -0.4 is 10.1 Å². The molecule has 0 bridgehead atoms. The number of nitrogens with one attached hydrogen (secondary N) is 1. The Balaban J connectivity index is 1.65. The van der Waals surface area contributed by atoms with Gasteiger partial charge in [-0.1, -0.05) is 32.0 Å². The van der Waals surface area contributed by atoms with E-state index in [0.717, 1.165) is 44.4 Å². The molecular formula is C17H27N3O. The lowest BCUT2D eigenvalue weighted by molar-refractivity contribution is 0.309. The highest BCUT2D eigenvalue weighted by Crippen LogP contribution is 2.28. The van der Waals surface area contributed by atoms with Crippen molar-refractivity contribution in [3.63, 3.8) is 0 Å². The summed E-state index contributed by atoms with van der Waals surface area (Å²) in [7, 11) is 1.86. The van der Waals surface area contributed by atoms with Crippen LogP contribution >= 0.6 is 0 Å². The number of likely N-dealkylation sites (tertiary alicyclic amines) is 1. The van der Waals surface area contributed by atoms with Crippen LogP contribution in [0.2, 0.25) is 0 Å². The molecule has 0 spiro atoms. The average Bonchev–Trinajstić information content (AvgIpc) is 2.84. The molecule has 116 valence electrons. The SMILES string of the molecule is CN=C(NCCCOc1ccccc1)N1CCC(C)(C)C1. The van der Waals surface area contributed by atoms with Crippen LogP contribution in [0, 0.1) is 5.41 Å². The molecule has 4 nitrogen and oxygen atoms in total. The summed E-state index contributed by atoms with van der Waals surface area (Å²) in [6.07, 6.45) is 2.19. The van der Waals surface area contributed by atoms with Gasteiger partial charge in [-0.2, -0.15) is 0 Å². The number of aliphatic imine (C=N–C) groups is 1. The molecule has 0 amide bonds. The van der Waals surface area contributed by atoms with Crippen LogP contribution in [0.15, 0.2) is 35.3 Å². The number of nitrogens with zero attached hydrogens (tertiary/aromatic N) is 2. The predicted octanol–water partition coefficient (Wildman–Crippen LogP) is 2.76. The minimum atomic E-state index is 0.397. The van der Waals surface area contributed by atoms with E-state index < -0.39 is 0 Å². The van der Waals surface area contributed by atoms with Gasteiger partial charge >= 0.3 is 0 Å². The molecule has 0 saturated carbocycles. The topological polar surface area (TPSA) is 36.9 Å². The van der Waals surface area contributed by atoms with E-state index in [1.807, 2.05) is 37.4 Å². The number of guanidine groups is 1. The Morgan fingerprint density at radius 3 is 2.71 bits per heavy atom. The molecule has 1 aliphatic heterocycles. The van der Waals surface area contributed by atoms with E-state index in [1.165, 1.54) is 6.42 Å². The van der Waals surface area contributed by atoms with Crippen molar-refractivity contribution >= 4 is 5.96 Å². The molecule has 0 aliphatic carbocycles. The van der Waals surface area contributed by atoms with Crippen molar-refractivity contribution < 1.29 is 4.74 Å². The lowest BCUT2D eigenvalue weighted by atomic mass is 9.93. The summed E-state index contributed by atoms with van der Waals surface area (Å²) in [5.74, 6) is 1.95. The standard InChI is InChI=1S/C17H27N3O/c1-17(2)10-12-20(14-17)16(18-3)19-11-7-13-21-15-8-5-4-6-9-15/h4-6,8-9H,7,10-14H2,1-3H3,(H,18,19). The lowest BCUT2D eigenvalue weighted by Gasteiger charge is -2.23. The quantitative estimate of drug-likeness (QED) is 0.514. The summed E-state index contributed by atoms with van der Waals surface area (Å²) in [6.45, 7) is 8.40. The molecule has 4 heteroatoms. The molecule has 0 atom stereocenters. The van der Waals surface area contributed by atoms with Crippen molar-refractivity contribution in [1.29, 1.82) is 0 Å². The molecule has 1 aromatic rings. The fraction of sp³-hybridized carbons (Fsp3) is 0.588. The first-order valence-electron chi connectivity index (χ1n) is 7.74. The second-order valence-corrected chi connectivity index (χ2v) is 6.32. The van der Waals surface area contributed by atoms with Gasteiger partial charge in [0.15, 0.2) is 5.96 Å². The summed E-state index contributed by atoms with van der Waals surface area (Å²) in [5.41, 5.74) is 0.397. The zero-order valence-corrected chi connectivity index (χ0v) is 13.4. The van der Waals surface area contributed by atoms with E-state index in [2.05, 4.69) is 29.1 Å². The molecule has 2 rings (SSSR count). The van der Waals surface area contributed by atoms with Gasteiger partial charge in [0.25, 0.3) is 0 Å². The molecule has 0 unspecified atom stereocenters. The van der Waals surface area contributed by atoms with Crippen molar-refractivity contribution in [1.82, 2.24) is 10.2 Å². The Kier molecular flexibility index (Phi) is 5.48. The Hall–Kier alpha value is -1.71. The van der Waals surface area contributed by atoms with Gasteiger partial charge in [-0.25, -0.2) is 0 Å². The summed E-state index contributed by atoms with van der Waals surface area (Å²) in [6, 6.07) is 9.95. The minimum Gasteiger partial charge on any atom is -0.494 e. The zero-order chi connectivity index (χ0) is 15.1. The number of benzene rings is 1. The molecular weight excluding hydrogens is 262 g/mol. The minimum absolute atomic E-state index is 0.397. The highest BCUT2D eigenvalue weighted by atomic mass is 16.5. The van der Waals surface area contributed by atoms with Crippen LogP contribution in [0.4, 0.5) is 0 Å². The maximum atomic E-state index is 5.69. The van der Waals surface area contributed by atoms with Gasteiger partial charge in [0, 0.05) is 26.7 Å². The number of para-hydroxylation sites is 1. The highest BCUT2D eigenvalue weighted by molar-refractivity contribution is 5.80. The van der Waals surface area contributed by atoms with E-state index in [-0.39, 0.29) is 0 Å². The Morgan fingerprint density at radius 1 is 1.33 bits per heavy atom. The molecule has 1 saturated heterocycles. The summed E-state index contributed by atoms with van der Waals surface area (Å²) in [5, 5.41) is 3.43. The predicted molar refractivity (Wildman–Crippen MR) is 87.9 cm³/mol. The van der Waals surface area contributed by atoms with Crippen LogP contribution in [0.25, 0.3) is 0 Å². The van der Waals surface area contributed by atoms with Crippen LogP contribution in [0.1, 0.15) is 26.7 Å². The van der Waals surface area contributed by atoms with Crippen molar-refractivity contribution in [2.75, 3.05) is 33.3 Å². The highest BCUT2D eigenvalue weighted by Gasteiger charge is 2.30. The van der Waals surface area contributed by atoms with Crippen LogP contribution in [0.3, 0.4) is 0 Å². The first kappa shape index (κ1) is 15.7. The van der Waals surface area contributed by atoms with E-state index in [9.17, 15) is 0 Å². The lowest BCUT2D eigenvalue weighted by Crippen LogP contribution is -2.41. The van der Waals surface area contributed by atoms with E-state index in [4.69, 9.17) is 4.74 Å². The summed E-state index contributed by atoms with van der Waals surface area (Å²) in [4.78, 5) is 6.73. The van der Waals surface area contributed by atoms with Gasteiger partial charge in [0.05, 0.1) is 6.61 Å². The maximum Gasteiger partial charge on any atom is 0.193 e. The smallest absolute Gasteiger partial charge is 0.193 e. The normalized spacial score (nSPS) is 17.9. The summed E-state index contributed by atoms with van der Waals surface area (Å²) < 4.78 is 5.69. The first-order valence-corrected chi connectivity index (χ1v) is 7.74. The van der Waals surface area contributed by atoms with Crippen molar-refractivity contribution in [3.05, 3.63) is 30.3 Å². The second kappa shape index (κ2) is 7.34. The Morgan fingerprint density at radius 2 is 2.10 bits per heavy atom. The van der Waals surface area contributed by atoms with Gasteiger partial charge in [0.2, 0.25) is 0 Å². The monoisotopic (exact) mass is 289 g/mol. The molecule has 0 radical (unpaired) electrons. The van der Waals surface area contributed by atoms with Gasteiger partial charge in [0.1, 0.15) is 5.75 Å². The molecule has 0 aromatic heterocycles. The Labute approximate surface area is 128 Å². The van der Waals surface area contributed by atoms with Gasteiger partial charge in [-0.3, -0.25) is 4.99 Å². The fourth-order valence-electron chi connectivity index (χ4n) is 2.60. The van der Waals surface area contributed by atoms with E-state index in [0.29, 0.717) is 5.41 Å². The van der Waals surface area contributed by atoms with Crippen molar-refractivity contribution in [3.8, 4) is 5.75 Å². The third-order valence-electron chi connectivity index (χ3n) is 3.80. The van der Waals surface area contributed by atoms with Crippen LogP contribution in [-0.2, 0) is 0 Å². The number of hydrogen-bond donors (Lipinski definition) is 1. The second-order valence-electron chi connectivity index (χ2n) is 6.32. The van der Waals surface area contributed by atoms with Gasteiger partial charge in [-0.05, 0) is 30.4 Å². The van der Waals surface area contributed by atoms with Crippen LogP contribution in [-0.4, -0.2) is 44.1 Å². The molecule has 1 aromatic carbocycles. The Bertz CT molecular complexity index is 456. The van der Waals surface area contributed by atoms with Crippen molar-refractivity contribution in [2.24, 2.45) is 10.4 Å². The average molecular weight is 289 g/mol. The number of hydrogen-bond acceptors (Lipinski definition) is 2. The molecule has 1 aliphatic rings. The zero-order valence-electron chi connectivity index (χ0n) is 13.4. The van der Waals surface area contributed by atoms with Crippen LogP contribution in [0.5, 0.6) is 5.75 Å². The molecule has 1 heterocycles. The molecule has 1 N–H and O–H groups in total. The fourth-order valence-corrected chi connectivity index (χ4v) is 2.60. The molecule has 21 heavy (non-hydrogen) atoms. The third kappa shape index (κ3) is 4.96. The number of rotatable bonds is 5.